The predicted octanol–water partition coefficient (Wildman–Crippen LogP) is 2.47. The third kappa shape index (κ3) is 6.16. The van der Waals surface area contributed by atoms with Crippen molar-refractivity contribution in [2.45, 2.75) is 33.3 Å². The van der Waals surface area contributed by atoms with E-state index in [-0.39, 0.29) is 12.5 Å². The van der Waals surface area contributed by atoms with E-state index in [1.807, 2.05) is 19.1 Å². The summed E-state index contributed by atoms with van der Waals surface area (Å²) in [6.07, 6.45) is -0.631. The molecule has 1 rings (SSSR count). The van der Waals surface area contributed by atoms with Crippen molar-refractivity contribution in [1.29, 1.82) is 0 Å². The maximum absolute atomic E-state index is 11.8. The largest absolute Gasteiger partial charge is 0.495 e. The van der Waals surface area contributed by atoms with Gasteiger partial charge in [0, 0.05) is 0 Å². The SMILES string of the molecule is COc1cc(C)ccc1NC(=O)CNC(=O)OC(C)(C)C. The molecule has 21 heavy (non-hydrogen) atoms. The van der Waals surface area contributed by atoms with Crippen molar-refractivity contribution in [2.75, 3.05) is 19.0 Å². The van der Waals surface area contributed by atoms with Crippen molar-refractivity contribution >= 4 is 17.7 Å². The highest BCUT2D eigenvalue weighted by atomic mass is 16.6. The second-order valence-electron chi connectivity index (χ2n) is 5.61. The van der Waals surface area contributed by atoms with Crippen LogP contribution in [0, 0.1) is 6.92 Å². The van der Waals surface area contributed by atoms with E-state index in [2.05, 4.69) is 10.6 Å². The highest BCUT2D eigenvalue weighted by molar-refractivity contribution is 5.95. The molecule has 0 aliphatic heterocycles. The number of benzene rings is 1. The Kier molecular flexibility index (Phi) is 5.58. The fourth-order valence-electron chi connectivity index (χ4n) is 1.56. The van der Waals surface area contributed by atoms with Crippen molar-refractivity contribution in [3.8, 4) is 5.75 Å². The van der Waals surface area contributed by atoms with Crippen molar-refractivity contribution in [3.63, 3.8) is 0 Å². The number of methoxy groups -OCH3 is 1. The van der Waals surface area contributed by atoms with Crippen LogP contribution in [0.25, 0.3) is 0 Å². The number of aryl methyl sites for hydroxylation is 1. The number of hydrogen-bond donors (Lipinski definition) is 2. The first-order chi connectivity index (χ1) is 9.71. The van der Waals surface area contributed by atoms with Gasteiger partial charge < -0.3 is 20.1 Å². The van der Waals surface area contributed by atoms with Crippen LogP contribution < -0.4 is 15.4 Å². The van der Waals surface area contributed by atoms with Crippen molar-refractivity contribution in [2.24, 2.45) is 0 Å². The topological polar surface area (TPSA) is 76.7 Å². The van der Waals surface area contributed by atoms with E-state index in [9.17, 15) is 9.59 Å². The van der Waals surface area contributed by atoms with Crippen LogP contribution in [0.4, 0.5) is 10.5 Å². The predicted molar refractivity (Wildman–Crippen MR) is 80.6 cm³/mol. The Morgan fingerprint density at radius 3 is 2.48 bits per heavy atom. The van der Waals surface area contributed by atoms with Gasteiger partial charge in [0.1, 0.15) is 17.9 Å². The molecule has 0 heterocycles. The number of hydrogen-bond acceptors (Lipinski definition) is 4. The van der Waals surface area contributed by atoms with Crippen LogP contribution in [0.15, 0.2) is 18.2 Å². The summed E-state index contributed by atoms with van der Waals surface area (Å²) in [6, 6.07) is 5.43. The standard InChI is InChI=1S/C15H22N2O4/c1-10-6-7-11(12(8-10)20-5)17-13(18)9-16-14(19)21-15(2,3)4/h6-8H,9H2,1-5H3,(H,16,19)(H,17,18). The molecule has 1 aromatic rings. The maximum atomic E-state index is 11.8. The van der Waals surface area contributed by atoms with Crippen LogP contribution in [0.3, 0.4) is 0 Å². The molecule has 0 fully saturated rings. The fourth-order valence-corrected chi connectivity index (χ4v) is 1.56. The molecule has 0 bridgehead atoms. The second-order valence-corrected chi connectivity index (χ2v) is 5.61. The molecule has 6 nitrogen and oxygen atoms in total. The van der Waals surface area contributed by atoms with Gasteiger partial charge in [0.25, 0.3) is 0 Å². The summed E-state index contributed by atoms with van der Waals surface area (Å²) in [4.78, 5) is 23.2. The molecule has 0 spiro atoms. The van der Waals surface area contributed by atoms with Crippen LogP contribution in [0.2, 0.25) is 0 Å². The Hall–Kier alpha value is -2.24. The molecule has 0 aromatic heterocycles. The zero-order chi connectivity index (χ0) is 16.0. The maximum Gasteiger partial charge on any atom is 0.408 e. The summed E-state index contributed by atoms with van der Waals surface area (Å²) in [5.41, 5.74) is 0.983. The fraction of sp³-hybridized carbons (Fsp3) is 0.467. The average molecular weight is 294 g/mol. The summed E-state index contributed by atoms with van der Waals surface area (Å²) < 4.78 is 10.2. The molecule has 0 saturated carbocycles. The zero-order valence-electron chi connectivity index (χ0n) is 13.1. The molecule has 1 aromatic carbocycles. The van der Waals surface area contributed by atoms with E-state index in [0.29, 0.717) is 11.4 Å². The van der Waals surface area contributed by atoms with E-state index in [4.69, 9.17) is 9.47 Å². The minimum atomic E-state index is -0.631. The van der Waals surface area contributed by atoms with E-state index >= 15 is 0 Å². The van der Waals surface area contributed by atoms with Crippen molar-refractivity contribution in [1.82, 2.24) is 5.32 Å². The quantitative estimate of drug-likeness (QED) is 0.894. The number of nitrogens with one attached hydrogen (secondary N) is 2. The number of rotatable bonds is 4. The first-order valence-corrected chi connectivity index (χ1v) is 6.62. The number of carbonyl (C=O) groups is 2. The Labute approximate surface area is 124 Å². The lowest BCUT2D eigenvalue weighted by Crippen LogP contribution is -2.37. The highest BCUT2D eigenvalue weighted by Gasteiger charge is 2.16. The van der Waals surface area contributed by atoms with Crippen LogP contribution in [0.1, 0.15) is 26.3 Å². The number of amides is 2. The number of alkyl carbamates (subject to hydrolysis) is 1. The van der Waals surface area contributed by atoms with Crippen LogP contribution in [-0.4, -0.2) is 31.3 Å². The summed E-state index contributed by atoms with van der Waals surface area (Å²) >= 11 is 0. The Balaban J connectivity index is 2.53. The Morgan fingerprint density at radius 1 is 1.24 bits per heavy atom. The van der Waals surface area contributed by atoms with Gasteiger partial charge in [-0.25, -0.2) is 4.79 Å². The van der Waals surface area contributed by atoms with Gasteiger partial charge in [-0.2, -0.15) is 0 Å². The molecule has 0 radical (unpaired) electrons. The molecule has 0 aliphatic rings. The summed E-state index contributed by atoms with van der Waals surface area (Å²) in [5.74, 6) is 0.212. The second kappa shape index (κ2) is 6.97. The van der Waals surface area contributed by atoms with Crippen LogP contribution in [-0.2, 0) is 9.53 Å². The lowest BCUT2D eigenvalue weighted by Gasteiger charge is -2.19. The van der Waals surface area contributed by atoms with E-state index < -0.39 is 11.7 Å². The highest BCUT2D eigenvalue weighted by Crippen LogP contribution is 2.24. The molecule has 116 valence electrons. The molecule has 6 heteroatoms. The molecule has 0 atom stereocenters. The smallest absolute Gasteiger partial charge is 0.408 e. The van der Waals surface area contributed by atoms with Gasteiger partial charge >= 0.3 is 6.09 Å². The van der Waals surface area contributed by atoms with Gasteiger partial charge in [0.05, 0.1) is 12.8 Å². The van der Waals surface area contributed by atoms with Crippen molar-refractivity contribution in [3.05, 3.63) is 23.8 Å². The summed E-state index contributed by atoms with van der Waals surface area (Å²) in [5, 5.41) is 5.07. The molecular weight excluding hydrogens is 272 g/mol. The summed E-state index contributed by atoms with van der Waals surface area (Å²) in [6.45, 7) is 7.02. The lowest BCUT2D eigenvalue weighted by atomic mass is 10.2. The molecule has 2 amide bonds. The Bertz CT molecular complexity index is 521. The van der Waals surface area contributed by atoms with Gasteiger partial charge in [0.15, 0.2) is 0 Å². The normalized spacial score (nSPS) is 10.7. The molecule has 0 aliphatic carbocycles. The van der Waals surface area contributed by atoms with Gasteiger partial charge in [-0.1, -0.05) is 6.07 Å². The molecule has 0 saturated heterocycles. The third-order valence-corrected chi connectivity index (χ3v) is 2.42. The Morgan fingerprint density at radius 2 is 1.90 bits per heavy atom. The van der Waals surface area contributed by atoms with Crippen LogP contribution >= 0.6 is 0 Å². The van der Waals surface area contributed by atoms with Gasteiger partial charge in [-0.05, 0) is 45.4 Å². The van der Waals surface area contributed by atoms with Gasteiger partial charge in [-0.3, -0.25) is 4.79 Å². The first-order valence-electron chi connectivity index (χ1n) is 6.62. The molecule has 0 unspecified atom stereocenters. The average Bonchev–Trinajstić information content (AvgIpc) is 2.36. The number of anilines is 1. The van der Waals surface area contributed by atoms with E-state index in [1.54, 1.807) is 26.8 Å². The zero-order valence-corrected chi connectivity index (χ0v) is 13.1. The van der Waals surface area contributed by atoms with E-state index in [0.717, 1.165) is 5.56 Å². The lowest BCUT2D eigenvalue weighted by molar-refractivity contribution is -0.115. The van der Waals surface area contributed by atoms with Crippen molar-refractivity contribution < 1.29 is 19.1 Å². The third-order valence-electron chi connectivity index (χ3n) is 2.42. The monoisotopic (exact) mass is 294 g/mol. The number of ether oxygens (including phenoxy) is 2. The first kappa shape index (κ1) is 16.8. The minimum Gasteiger partial charge on any atom is -0.495 e. The van der Waals surface area contributed by atoms with Crippen LogP contribution in [0.5, 0.6) is 5.75 Å². The molecular formula is C15H22N2O4. The van der Waals surface area contributed by atoms with E-state index in [1.165, 1.54) is 7.11 Å². The summed E-state index contributed by atoms with van der Waals surface area (Å²) in [7, 11) is 1.53. The number of carbonyl (C=O) groups excluding carboxylic acids is 2. The van der Waals surface area contributed by atoms with Gasteiger partial charge in [0.2, 0.25) is 5.91 Å². The minimum absolute atomic E-state index is 0.175. The van der Waals surface area contributed by atoms with Gasteiger partial charge in [-0.15, -0.1) is 0 Å². The molecule has 2 N–H and O–H groups in total.